The summed E-state index contributed by atoms with van der Waals surface area (Å²) in [5.74, 6) is -0.00440. The number of carbonyl (C=O) groups is 1. The van der Waals surface area contributed by atoms with E-state index < -0.39 is 0 Å². The van der Waals surface area contributed by atoms with E-state index in [-0.39, 0.29) is 30.1 Å². The van der Waals surface area contributed by atoms with Crippen LogP contribution in [0.4, 0.5) is 0 Å². The molecule has 0 aromatic heterocycles. The van der Waals surface area contributed by atoms with Crippen LogP contribution in [0.1, 0.15) is 39.0 Å². The lowest BCUT2D eigenvalue weighted by Crippen LogP contribution is -2.50. The summed E-state index contributed by atoms with van der Waals surface area (Å²) in [6.07, 6.45) is 5.96. The number of fused-ring (bicyclic) bond motifs is 2. The maximum Gasteiger partial charge on any atom is 0.227 e. The molecule has 0 spiro atoms. The van der Waals surface area contributed by atoms with Gasteiger partial charge in [-0.15, -0.1) is 0 Å². The molecule has 1 amide bonds. The van der Waals surface area contributed by atoms with Crippen molar-refractivity contribution in [3.05, 3.63) is 0 Å². The maximum absolute atomic E-state index is 12.2. The molecule has 0 radical (unpaired) electrons. The molecule has 1 aliphatic carbocycles. The topological polar surface area (TPSA) is 64.4 Å². The van der Waals surface area contributed by atoms with Crippen LogP contribution in [-0.2, 0) is 9.53 Å². The van der Waals surface area contributed by atoms with Crippen LogP contribution in [0.2, 0.25) is 0 Å². The standard InChI is InChI=1S/C13H22N2O2/c1-13(5-2-6-13)7-15-12(16)10-8-3-4-9(17-8)11(10)14/h8-11H,2-7,14H2,1H3,(H,15,16)/t8-,9+,10-,11+/m0/s1. The first kappa shape index (κ1) is 11.5. The zero-order valence-electron chi connectivity index (χ0n) is 10.4. The molecule has 1 saturated carbocycles. The van der Waals surface area contributed by atoms with E-state index in [0.29, 0.717) is 5.41 Å². The summed E-state index contributed by atoms with van der Waals surface area (Å²) in [6, 6.07) is -0.0945. The number of hydrogen-bond donors (Lipinski definition) is 2. The average molecular weight is 238 g/mol. The van der Waals surface area contributed by atoms with Crippen molar-refractivity contribution in [3.8, 4) is 0 Å². The predicted molar refractivity (Wildman–Crippen MR) is 64.3 cm³/mol. The van der Waals surface area contributed by atoms with Crippen molar-refractivity contribution in [2.45, 2.75) is 57.3 Å². The molecule has 0 aromatic carbocycles. The Morgan fingerprint density at radius 3 is 2.65 bits per heavy atom. The lowest BCUT2D eigenvalue weighted by atomic mass is 9.70. The highest BCUT2D eigenvalue weighted by Gasteiger charge is 2.50. The number of hydrogen-bond acceptors (Lipinski definition) is 3. The Kier molecular flexibility index (Phi) is 2.67. The van der Waals surface area contributed by atoms with Crippen LogP contribution in [0, 0.1) is 11.3 Å². The molecular formula is C13H22N2O2. The summed E-state index contributed by atoms with van der Waals surface area (Å²) < 4.78 is 5.70. The first-order chi connectivity index (χ1) is 8.09. The lowest BCUT2D eigenvalue weighted by Gasteiger charge is -2.39. The summed E-state index contributed by atoms with van der Waals surface area (Å²) in [6.45, 7) is 3.04. The maximum atomic E-state index is 12.2. The van der Waals surface area contributed by atoms with Gasteiger partial charge in [0, 0.05) is 12.6 Å². The summed E-state index contributed by atoms with van der Waals surface area (Å²) in [4.78, 5) is 12.2. The highest BCUT2D eigenvalue weighted by atomic mass is 16.5. The summed E-state index contributed by atoms with van der Waals surface area (Å²) in [5, 5.41) is 3.08. The molecular weight excluding hydrogens is 216 g/mol. The SMILES string of the molecule is CC1(CNC(=O)[C@@H]2[C@H](N)[C@H]3CC[C@@H]2O3)CCC1. The fraction of sp³-hybridized carbons (Fsp3) is 0.923. The molecule has 17 heavy (non-hydrogen) atoms. The summed E-state index contributed by atoms with van der Waals surface area (Å²) in [7, 11) is 0. The second-order valence-corrected chi connectivity index (χ2v) is 6.28. The van der Waals surface area contributed by atoms with E-state index in [4.69, 9.17) is 10.5 Å². The quantitative estimate of drug-likeness (QED) is 0.764. The molecule has 3 aliphatic rings. The van der Waals surface area contributed by atoms with Crippen molar-refractivity contribution in [1.29, 1.82) is 0 Å². The van der Waals surface area contributed by atoms with E-state index in [1.165, 1.54) is 19.3 Å². The van der Waals surface area contributed by atoms with Gasteiger partial charge in [0.25, 0.3) is 0 Å². The fourth-order valence-corrected chi connectivity index (χ4v) is 3.43. The van der Waals surface area contributed by atoms with Crippen LogP contribution in [0.5, 0.6) is 0 Å². The molecule has 4 nitrogen and oxygen atoms in total. The summed E-state index contributed by atoms with van der Waals surface area (Å²) >= 11 is 0. The third-order valence-corrected chi connectivity index (χ3v) is 4.88. The largest absolute Gasteiger partial charge is 0.372 e. The normalized spacial score (nSPS) is 42.2. The molecule has 4 atom stereocenters. The number of nitrogens with one attached hydrogen (secondary N) is 1. The Bertz CT molecular complexity index is 325. The zero-order chi connectivity index (χ0) is 12.0. The molecule has 2 saturated heterocycles. The van der Waals surface area contributed by atoms with E-state index >= 15 is 0 Å². The molecule has 2 bridgehead atoms. The first-order valence-corrected chi connectivity index (χ1v) is 6.78. The molecule has 0 unspecified atom stereocenters. The van der Waals surface area contributed by atoms with Crippen molar-refractivity contribution < 1.29 is 9.53 Å². The highest BCUT2D eigenvalue weighted by molar-refractivity contribution is 5.80. The predicted octanol–water partition coefficient (Wildman–Crippen LogP) is 0.797. The van der Waals surface area contributed by atoms with Gasteiger partial charge in [-0.1, -0.05) is 13.3 Å². The van der Waals surface area contributed by atoms with Gasteiger partial charge in [-0.05, 0) is 31.1 Å². The monoisotopic (exact) mass is 238 g/mol. The van der Waals surface area contributed by atoms with E-state index in [0.717, 1.165) is 19.4 Å². The molecule has 96 valence electrons. The minimum absolute atomic E-state index is 0.0733. The number of ether oxygens (including phenoxy) is 1. The Labute approximate surface area is 102 Å². The van der Waals surface area contributed by atoms with Crippen LogP contribution in [-0.4, -0.2) is 30.7 Å². The van der Waals surface area contributed by atoms with Gasteiger partial charge in [-0.25, -0.2) is 0 Å². The van der Waals surface area contributed by atoms with Crippen molar-refractivity contribution in [2.75, 3.05) is 6.54 Å². The van der Waals surface area contributed by atoms with Gasteiger partial charge in [0.2, 0.25) is 5.91 Å². The van der Waals surface area contributed by atoms with Gasteiger partial charge in [0.1, 0.15) is 0 Å². The number of amides is 1. The Balaban J connectivity index is 1.56. The second-order valence-electron chi connectivity index (χ2n) is 6.28. The van der Waals surface area contributed by atoms with Gasteiger partial charge in [-0.3, -0.25) is 4.79 Å². The molecule has 2 aliphatic heterocycles. The van der Waals surface area contributed by atoms with E-state index in [2.05, 4.69) is 12.2 Å². The van der Waals surface area contributed by atoms with Crippen molar-refractivity contribution in [2.24, 2.45) is 17.1 Å². The van der Waals surface area contributed by atoms with Crippen LogP contribution < -0.4 is 11.1 Å². The second kappa shape index (κ2) is 3.95. The molecule has 4 heteroatoms. The third kappa shape index (κ3) is 1.87. The zero-order valence-corrected chi connectivity index (χ0v) is 10.4. The average Bonchev–Trinajstić information content (AvgIpc) is 2.83. The molecule has 0 aromatic rings. The summed E-state index contributed by atoms with van der Waals surface area (Å²) in [5.41, 5.74) is 6.40. The van der Waals surface area contributed by atoms with Crippen molar-refractivity contribution >= 4 is 5.91 Å². The van der Waals surface area contributed by atoms with Gasteiger partial charge >= 0.3 is 0 Å². The molecule has 3 N–H and O–H groups in total. The smallest absolute Gasteiger partial charge is 0.227 e. The van der Waals surface area contributed by atoms with Crippen molar-refractivity contribution in [1.82, 2.24) is 5.32 Å². The van der Waals surface area contributed by atoms with Gasteiger partial charge in [-0.2, -0.15) is 0 Å². The number of carbonyl (C=O) groups excluding carboxylic acids is 1. The third-order valence-electron chi connectivity index (χ3n) is 4.88. The highest BCUT2D eigenvalue weighted by Crippen LogP contribution is 2.40. The molecule has 2 heterocycles. The van der Waals surface area contributed by atoms with Crippen LogP contribution in [0.25, 0.3) is 0 Å². The minimum atomic E-state index is -0.113. The van der Waals surface area contributed by atoms with Gasteiger partial charge in [0.05, 0.1) is 18.1 Å². The van der Waals surface area contributed by atoms with Crippen LogP contribution >= 0.6 is 0 Å². The Morgan fingerprint density at radius 2 is 2.12 bits per heavy atom. The van der Waals surface area contributed by atoms with Gasteiger partial charge < -0.3 is 15.8 Å². The number of rotatable bonds is 3. The van der Waals surface area contributed by atoms with Crippen LogP contribution in [0.15, 0.2) is 0 Å². The molecule has 3 rings (SSSR count). The van der Waals surface area contributed by atoms with E-state index in [1.54, 1.807) is 0 Å². The Morgan fingerprint density at radius 1 is 1.41 bits per heavy atom. The Hall–Kier alpha value is -0.610. The molecule has 3 fully saturated rings. The fourth-order valence-electron chi connectivity index (χ4n) is 3.43. The van der Waals surface area contributed by atoms with Gasteiger partial charge in [0.15, 0.2) is 0 Å². The first-order valence-electron chi connectivity index (χ1n) is 6.78. The van der Waals surface area contributed by atoms with Crippen molar-refractivity contribution in [3.63, 3.8) is 0 Å². The number of nitrogens with two attached hydrogens (primary N) is 1. The van der Waals surface area contributed by atoms with Crippen LogP contribution in [0.3, 0.4) is 0 Å². The lowest BCUT2D eigenvalue weighted by molar-refractivity contribution is -0.127. The minimum Gasteiger partial charge on any atom is -0.372 e. The van der Waals surface area contributed by atoms with E-state index in [9.17, 15) is 4.79 Å². The van der Waals surface area contributed by atoms with E-state index in [1.807, 2.05) is 0 Å².